The number of amides is 1. The number of carbonyl (C=O) groups excluding carboxylic acids is 1. The molecule has 138 valence electrons. The molecule has 2 bridgehead atoms. The summed E-state index contributed by atoms with van der Waals surface area (Å²) in [5.74, 6) is 0.898. The molecule has 3 aliphatic rings. The minimum Gasteiger partial charge on any atom is -0.371 e. The standard InChI is InChI=1S/C18H24N6O2/c1-12-9-22(13(2)25)5-6-24(12)17-7-18(21-20-16(17)8-19)23-10-14-3-4-15(11-23)26-14/h7,12,14-15H,3-6,9-11H2,1-2H3/t12-,14?,15?/m1/s1. The van der Waals surface area contributed by atoms with Crippen molar-refractivity contribution in [2.24, 2.45) is 0 Å². The van der Waals surface area contributed by atoms with E-state index in [-0.39, 0.29) is 24.2 Å². The molecule has 1 aromatic heterocycles. The van der Waals surface area contributed by atoms with Crippen LogP contribution in [0, 0.1) is 11.3 Å². The minimum absolute atomic E-state index is 0.0920. The molecule has 1 aromatic rings. The third-order valence-electron chi connectivity index (χ3n) is 5.62. The number of nitriles is 1. The largest absolute Gasteiger partial charge is 0.371 e. The van der Waals surface area contributed by atoms with E-state index in [0.29, 0.717) is 25.3 Å². The van der Waals surface area contributed by atoms with Gasteiger partial charge in [-0.15, -0.1) is 10.2 Å². The van der Waals surface area contributed by atoms with Crippen LogP contribution >= 0.6 is 0 Å². The molecule has 3 aliphatic heterocycles. The van der Waals surface area contributed by atoms with Crippen LogP contribution in [0.2, 0.25) is 0 Å². The van der Waals surface area contributed by atoms with E-state index in [1.165, 1.54) is 0 Å². The third kappa shape index (κ3) is 3.07. The molecule has 3 atom stereocenters. The highest BCUT2D eigenvalue weighted by molar-refractivity contribution is 5.74. The molecule has 3 fully saturated rings. The summed E-state index contributed by atoms with van der Waals surface area (Å²) in [7, 11) is 0. The van der Waals surface area contributed by atoms with Gasteiger partial charge < -0.3 is 19.4 Å². The normalized spacial score (nSPS) is 28.2. The lowest BCUT2D eigenvalue weighted by atomic mass is 10.1. The number of ether oxygens (including phenoxy) is 1. The van der Waals surface area contributed by atoms with Crippen LogP contribution in [0.4, 0.5) is 11.5 Å². The minimum atomic E-state index is 0.0920. The number of piperazine rings is 1. The molecule has 8 nitrogen and oxygen atoms in total. The first-order chi connectivity index (χ1) is 12.5. The van der Waals surface area contributed by atoms with Crippen molar-refractivity contribution >= 4 is 17.4 Å². The second-order valence-corrected chi connectivity index (χ2v) is 7.42. The molecule has 4 heterocycles. The highest BCUT2D eigenvalue weighted by Gasteiger charge is 2.35. The zero-order valence-corrected chi connectivity index (χ0v) is 15.3. The Labute approximate surface area is 153 Å². The van der Waals surface area contributed by atoms with Crippen LogP contribution < -0.4 is 9.80 Å². The molecule has 0 N–H and O–H groups in total. The van der Waals surface area contributed by atoms with Crippen LogP contribution in [0.3, 0.4) is 0 Å². The van der Waals surface area contributed by atoms with E-state index >= 15 is 0 Å². The van der Waals surface area contributed by atoms with Crippen molar-refractivity contribution in [2.45, 2.75) is 44.9 Å². The zero-order valence-electron chi connectivity index (χ0n) is 15.3. The fourth-order valence-corrected chi connectivity index (χ4v) is 4.23. The predicted octanol–water partition coefficient (Wildman–Crippen LogP) is 0.773. The van der Waals surface area contributed by atoms with Crippen molar-refractivity contribution in [3.05, 3.63) is 11.8 Å². The molecule has 0 spiro atoms. The summed E-state index contributed by atoms with van der Waals surface area (Å²) in [6.07, 6.45) is 2.74. The first kappa shape index (κ1) is 17.0. The van der Waals surface area contributed by atoms with Crippen LogP contribution in [0.25, 0.3) is 0 Å². The second-order valence-electron chi connectivity index (χ2n) is 7.42. The lowest BCUT2D eigenvalue weighted by molar-refractivity contribution is -0.129. The monoisotopic (exact) mass is 356 g/mol. The maximum atomic E-state index is 11.7. The highest BCUT2D eigenvalue weighted by Crippen LogP contribution is 2.31. The van der Waals surface area contributed by atoms with E-state index in [1.807, 2.05) is 11.0 Å². The SMILES string of the molecule is CC(=O)N1CCN(c2cc(N3CC4CCC(C3)O4)nnc2C#N)[C@H](C)C1. The van der Waals surface area contributed by atoms with Gasteiger partial charge in [0, 0.05) is 51.8 Å². The maximum absolute atomic E-state index is 11.7. The number of hydrogen-bond acceptors (Lipinski definition) is 7. The summed E-state index contributed by atoms with van der Waals surface area (Å²) in [4.78, 5) is 17.9. The van der Waals surface area contributed by atoms with Gasteiger partial charge in [0.25, 0.3) is 0 Å². The van der Waals surface area contributed by atoms with Gasteiger partial charge in [-0.3, -0.25) is 4.79 Å². The van der Waals surface area contributed by atoms with Crippen molar-refractivity contribution in [1.29, 1.82) is 5.26 Å². The van der Waals surface area contributed by atoms with Crippen LogP contribution in [0.5, 0.6) is 0 Å². The average molecular weight is 356 g/mol. The molecular weight excluding hydrogens is 332 g/mol. The van der Waals surface area contributed by atoms with Gasteiger partial charge in [-0.25, -0.2) is 0 Å². The Kier molecular flexibility index (Phi) is 4.41. The Bertz CT molecular complexity index is 736. The van der Waals surface area contributed by atoms with Crippen molar-refractivity contribution in [1.82, 2.24) is 15.1 Å². The summed E-state index contributed by atoms with van der Waals surface area (Å²) >= 11 is 0. The molecular formula is C18H24N6O2. The Hall–Kier alpha value is -2.40. The van der Waals surface area contributed by atoms with Crippen molar-refractivity contribution in [3.8, 4) is 6.07 Å². The van der Waals surface area contributed by atoms with Gasteiger partial charge in [0.1, 0.15) is 6.07 Å². The molecule has 0 radical (unpaired) electrons. The number of morpholine rings is 1. The van der Waals surface area contributed by atoms with Crippen LogP contribution in [-0.2, 0) is 9.53 Å². The third-order valence-corrected chi connectivity index (χ3v) is 5.62. The average Bonchev–Trinajstić information content (AvgIpc) is 2.98. The van der Waals surface area contributed by atoms with E-state index in [1.54, 1.807) is 6.92 Å². The van der Waals surface area contributed by atoms with E-state index < -0.39 is 0 Å². The van der Waals surface area contributed by atoms with Gasteiger partial charge in [-0.1, -0.05) is 0 Å². The van der Waals surface area contributed by atoms with E-state index in [4.69, 9.17) is 4.74 Å². The van der Waals surface area contributed by atoms with Gasteiger partial charge in [-0.2, -0.15) is 5.26 Å². The van der Waals surface area contributed by atoms with Crippen molar-refractivity contribution < 1.29 is 9.53 Å². The number of nitrogens with zero attached hydrogens (tertiary/aromatic N) is 6. The maximum Gasteiger partial charge on any atom is 0.219 e. The number of anilines is 2. The molecule has 3 saturated heterocycles. The molecule has 2 unspecified atom stereocenters. The smallest absolute Gasteiger partial charge is 0.219 e. The molecule has 0 aliphatic carbocycles. The van der Waals surface area contributed by atoms with Crippen molar-refractivity contribution in [2.75, 3.05) is 42.5 Å². The van der Waals surface area contributed by atoms with Crippen molar-refractivity contribution in [3.63, 3.8) is 0 Å². The molecule has 4 rings (SSSR count). The number of hydrogen-bond donors (Lipinski definition) is 0. The Balaban J connectivity index is 1.59. The Morgan fingerprint density at radius 3 is 2.58 bits per heavy atom. The lowest BCUT2D eigenvalue weighted by Crippen LogP contribution is -2.53. The first-order valence-electron chi connectivity index (χ1n) is 9.25. The van der Waals surface area contributed by atoms with Gasteiger partial charge in [0.05, 0.1) is 17.9 Å². The number of aromatic nitrogens is 2. The molecule has 1 amide bonds. The van der Waals surface area contributed by atoms with Gasteiger partial charge in [0.15, 0.2) is 11.5 Å². The molecule has 8 heteroatoms. The van der Waals surface area contributed by atoms with Gasteiger partial charge >= 0.3 is 0 Å². The molecule has 26 heavy (non-hydrogen) atoms. The quantitative estimate of drug-likeness (QED) is 0.774. The summed E-state index contributed by atoms with van der Waals surface area (Å²) in [5, 5.41) is 18.0. The van der Waals surface area contributed by atoms with Gasteiger partial charge in [-0.05, 0) is 19.8 Å². The summed E-state index contributed by atoms with van der Waals surface area (Å²) in [6.45, 7) is 7.32. The topological polar surface area (TPSA) is 85.6 Å². The van der Waals surface area contributed by atoms with Crippen LogP contribution in [-0.4, -0.2) is 72.0 Å². The Morgan fingerprint density at radius 2 is 1.96 bits per heavy atom. The Morgan fingerprint density at radius 1 is 1.23 bits per heavy atom. The molecule has 0 saturated carbocycles. The van der Waals surface area contributed by atoms with E-state index in [0.717, 1.165) is 37.4 Å². The lowest BCUT2D eigenvalue weighted by Gasteiger charge is -2.41. The van der Waals surface area contributed by atoms with E-state index in [9.17, 15) is 10.1 Å². The number of carbonyl (C=O) groups is 1. The summed E-state index contributed by atoms with van der Waals surface area (Å²) in [5.41, 5.74) is 1.15. The molecule has 0 aromatic carbocycles. The van der Waals surface area contributed by atoms with Crippen LogP contribution in [0.1, 0.15) is 32.4 Å². The number of fused-ring (bicyclic) bond motifs is 2. The summed E-state index contributed by atoms with van der Waals surface area (Å²) in [6, 6.07) is 4.27. The van der Waals surface area contributed by atoms with E-state index in [2.05, 4.69) is 33.0 Å². The zero-order chi connectivity index (χ0) is 18.3. The first-order valence-corrected chi connectivity index (χ1v) is 9.25. The summed E-state index contributed by atoms with van der Waals surface area (Å²) < 4.78 is 5.90. The fraction of sp³-hybridized carbons (Fsp3) is 0.667. The highest BCUT2D eigenvalue weighted by atomic mass is 16.5. The number of rotatable bonds is 2. The van der Waals surface area contributed by atoms with Gasteiger partial charge in [0.2, 0.25) is 5.91 Å². The fourth-order valence-electron chi connectivity index (χ4n) is 4.23. The van der Waals surface area contributed by atoms with Crippen LogP contribution in [0.15, 0.2) is 6.07 Å². The predicted molar refractivity (Wildman–Crippen MR) is 95.9 cm³/mol. The second kappa shape index (κ2) is 6.72.